The zero-order chi connectivity index (χ0) is 21.4. The Morgan fingerprint density at radius 1 is 0.793 bits per heavy atom. The van der Waals surface area contributed by atoms with Crippen LogP contribution >= 0.6 is 0 Å². The number of allylic oxidation sites excluding steroid dienone is 2. The second kappa shape index (κ2) is 22.7. The number of aldehydes is 1. The van der Waals surface area contributed by atoms with E-state index in [4.69, 9.17) is 4.74 Å². The van der Waals surface area contributed by atoms with Crippen molar-refractivity contribution >= 4 is 12.3 Å². The lowest BCUT2D eigenvalue weighted by Gasteiger charge is -2.11. The molecular formula is C26H44O3. The van der Waals surface area contributed by atoms with Gasteiger partial charge in [0.2, 0.25) is 0 Å². The van der Waals surface area contributed by atoms with Crippen LogP contribution in [-0.2, 0) is 14.3 Å². The van der Waals surface area contributed by atoms with Crippen LogP contribution in [-0.4, -0.2) is 18.4 Å². The smallest absolute Gasteiger partial charge is 0.307 e. The molecular weight excluding hydrogens is 360 g/mol. The molecule has 0 saturated carbocycles. The van der Waals surface area contributed by atoms with E-state index in [1.54, 1.807) is 0 Å². The zero-order valence-electron chi connectivity index (χ0n) is 19.1. The lowest BCUT2D eigenvalue weighted by atomic mass is 10.1. The van der Waals surface area contributed by atoms with Crippen molar-refractivity contribution in [3.8, 4) is 11.8 Å². The number of hydrogen-bond acceptors (Lipinski definition) is 3. The Morgan fingerprint density at radius 3 is 1.93 bits per heavy atom. The summed E-state index contributed by atoms with van der Waals surface area (Å²) in [5.41, 5.74) is 0. The van der Waals surface area contributed by atoms with Gasteiger partial charge in [0, 0.05) is 6.42 Å². The van der Waals surface area contributed by atoms with Crippen LogP contribution in [0.25, 0.3) is 0 Å². The third kappa shape index (κ3) is 21.0. The van der Waals surface area contributed by atoms with Gasteiger partial charge in [-0.2, -0.15) is 0 Å². The highest BCUT2D eigenvalue weighted by molar-refractivity contribution is 5.73. The van der Waals surface area contributed by atoms with Crippen molar-refractivity contribution in [1.29, 1.82) is 0 Å². The maximum absolute atomic E-state index is 11.9. The SMILES string of the molecule is CCCCCCCC/C=C\CCCCCCCC(=O)OC(C#CC=O)CCCC. The molecule has 0 aromatic carbocycles. The Hall–Kier alpha value is -1.56. The molecule has 29 heavy (non-hydrogen) atoms. The fourth-order valence-corrected chi connectivity index (χ4v) is 3.23. The molecule has 0 N–H and O–H groups in total. The highest BCUT2D eigenvalue weighted by atomic mass is 16.5. The van der Waals surface area contributed by atoms with E-state index in [0.29, 0.717) is 19.1 Å². The van der Waals surface area contributed by atoms with Crippen molar-refractivity contribution in [3.63, 3.8) is 0 Å². The maximum atomic E-state index is 11.9. The van der Waals surface area contributed by atoms with E-state index >= 15 is 0 Å². The Bertz CT molecular complexity index is 470. The van der Waals surface area contributed by atoms with Crippen LogP contribution in [0.3, 0.4) is 0 Å². The van der Waals surface area contributed by atoms with E-state index in [1.807, 2.05) is 0 Å². The van der Waals surface area contributed by atoms with Crippen LogP contribution < -0.4 is 0 Å². The van der Waals surface area contributed by atoms with Crippen molar-refractivity contribution < 1.29 is 14.3 Å². The van der Waals surface area contributed by atoms with Gasteiger partial charge in [-0.3, -0.25) is 9.59 Å². The van der Waals surface area contributed by atoms with Crippen LogP contribution in [0.5, 0.6) is 0 Å². The van der Waals surface area contributed by atoms with Gasteiger partial charge in [-0.05, 0) is 50.9 Å². The first-order chi connectivity index (χ1) is 14.2. The average Bonchev–Trinajstić information content (AvgIpc) is 2.72. The van der Waals surface area contributed by atoms with Gasteiger partial charge in [-0.15, -0.1) is 0 Å². The molecule has 0 radical (unpaired) electrons. The van der Waals surface area contributed by atoms with Gasteiger partial charge in [-0.1, -0.05) is 89.7 Å². The Balaban J connectivity index is 3.55. The second-order valence-corrected chi connectivity index (χ2v) is 7.86. The van der Waals surface area contributed by atoms with Gasteiger partial charge in [0.1, 0.15) is 0 Å². The Labute approximate surface area is 180 Å². The molecule has 166 valence electrons. The zero-order valence-corrected chi connectivity index (χ0v) is 19.1. The third-order valence-corrected chi connectivity index (χ3v) is 5.04. The van der Waals surface area contributed by atoms with Crippen LogP contribution in [0.1, 0.15) is 123 Å². The standard InChI is InChI=1S/C26H44O3/c1-3-5-7-8-9-10-11-12-13-14-15-16-17-18-19-23-26(28)29-25(21-6-4-2)22-20-24-27/h12-13,24-25H,3-11,14-19,21,23H2,1-2H3/b13-12-. The summed E-state index contributed by atoms with van der Waals surface area (Å²) in [4.78, 5) is 22.3. The number of rotatable bonds is 19. The predicted octanol–water partition coefficient (Wildman–Crippen LogP) is 7.33. The van der Waals surface area contributed by atoms with E-state index in [1.165, 1.54) is 70.6 Å². The largest absolute Gasteiger partial charge is 0.449 e. The predicted molar refractivity (Wildman–Crippen MR) is 123 cm³/mol. The van der Waals surface area contributed by atoms with Crippen molar-refractivity contribution in [1.82, 2.24) is 0 Å². The fourth-order valence-electron chi connectivity index (χ4n) is 3.23. The summed E-state index contributed by atoms with van der Waals surface area (Å²) in [5.74, 6) is 4.90. The molecule has 0 aromatic heterocycles. The summed E-state index contributed by atoms with van der Waals surface area (Å²) in [6.07, 6.45) is 24.1. The number of ether oxygens (including phenoxy) is 1. The first-order valence-corrected chi connectivity index (χ1v) is 12.0. The topological polar surface area (TPSA) is 43.4 Å². The van der Waals surface area contributed by atoms with E-state index in [-0.39, 0.29) is 5.97 Å². The van der Waals surface area contributed by atoms with E-state index in [2.05, 4.69) is 37.8 Å². The molecule has 0 bridgehead atoms. The minimum Gasteiger partial charge on any atom is -0.449 e. The Morgan fingerprint density at radius 2 is 1.34 bits per heavy atom. The number of unbranched alkanes of at least 4 members (excludes halogenated alkanes) is 12. The molecule has 0 aliphatic carbocycles. The highest BCUT2D eigenvalue weighted by Crippen LogP contribution is 2.11. The first-order valence-electron chi connectivity index (χ1n) is 12.0. The molecule has 0 aliphatic heterocycles. The number of hydrogen-bond donors (Lipinski definition) is 0. The van der Waals surface area contributed by atoms with Crippen LogP contribution in [0, 0.1) is 11.8 Å². The molecule has 0 aromatic rings. The number of carbonyl (C=O) groups is 2. The van der Waals surface area contributed by atoms with Crippen molar-refractivity contribution in [2.75, 3.05) is 0 Å². The number of carbonyl (C=O) groups excluding carboxylic acids is 2. The molecule has 0 saturated heterocycles. The maximum Gasteiger partial charge on any atom is 0.307 e. The molecule has 3 nitrogen and oxygen atoms in total. The van der Waals surface area contributed by atoms with E-state index < -0.39 is 6.10 Å². The van der Waals surface area contributed by atoms with Crippen molar-refractivity contribution in [2.24, 2.45) is 0 Å². The lowest BCUT2D eigenvalue weighted by Crippen LogP contribution is -2.16. The van der Waals surface area contributed by atoms with E-state index in [0.717, 1.165) is 25.7 Å². The minimum absolute atomic E-state index is 0.191. The van der Waals surface area contributed by atoms with Gasteiger partial charge in [0.15, 0.2) is 12.4 Å². The minimum atomic E-state index is -0.434. The molecule has 0 aliphatic rings. The summed E-state index contributed by atoms with van der Waals surface area (Å²) in [6.45, 7) is 4.34. The molecule has 0 fully saturated rings. The molecule has 3 heteroatoms. The van der Waals surface area contributed by atoms with Gasteiger partial charge >= 0.3 is 5.97 Å². The normalized spacial score (nSPS) is 11.8. The summed E-state index contributed by atoms with van der Waals surface area (Å²) < 4.78 is 5.39. The summed E-state index contributed by atoms with van der Waals surface area (Å²) in [6, 6.07) is 0. The van der Waals surface area contributed by atoms with Crippen LogP contribution in [0.4, 0.5) is 0 Å². The van der Waals surface area contributed by atoms with Gasteiger partial charge in [-0.25, -0.2) is 0 Å². The first kappa shape index (κ1) is 27.4. The quantitative estimate of drug-likeness (QED) is 0.0744. The van der Waals surface area contributed by atoms with Crippen LogP contribution in [0.15, 0.2) is 12.2 Å². The average molecular weight is 405 g/mol. The fraction of sp³-hybridized carbons (Fsp3) is 0.769. The summed E-state index contributed by atoms with van der Waals surface area (Å²) in [7, 11) is 0. The third-order valence-electron chi connectivity index (χ3n) is 5.04. The Kier molecular flexibility index (Phi) is 21.5. The molecule has 0 amide bonds. The summed E-state index contributed by atoms with van der Waals surface area (Å²) >= 11 is 0. The van der Waals surface area contributed by atoms with Gasteiger partial charge < -0.3 is 4.74 Å². The number of esters is 1. The van der Waals surface area contributed by atoms with Crippen LogP contribution in [0.2, 0.25) is 0 Å². The molecule has 1 unspecified atom stereocenters. The highest BCUT2D eigenvalue weighted by Gasteiger charge is 2.11. The lowest BCUT2D eigenvalue weighted by molar-refractivity contribution is -0.146. The van der Waals surface area contributed by atoms with Gasteiger partial charge in [0.05, 0.1) is 0 Å². The van der Waals surface area contributed by atoms with Crippen molar-refractivity contribution in [3.05, 3.63) is 12.2 Å². The summed E-state index contributed by atoms with van der Waals surface area (Å²) in [5, 5.41) is 0. The van der Waals surface area contributed by atoms with Gasteiger partial charge in [0.25, 0.3) is 0 Å². The molecule has 1 atom stereocenters. The van der Waals surface area contributed by atoms with Crippen molar-refractivity contribution in [2.45, 2.75) is 129 Å². The second-order valence-electron chi connectivity index (χ2n) is 7.86. The molecule has 0 spiro atoms. The van der Waals surface area contributed by atoms with E-state index in [9.17, 15) is 9.59 Å². The molecule has 0 heterocycles. The monoisotopic (exact) mass is 404 g/mol. The molecule has 0 rings (SSSR count).